The number of morpholine rings is 1. The summed E-state index contributed by atoms with van der Waals surface area (Å²) in [5.41, 5.74) is 2.84. The average Bonchev–Trinajstić information content (AvgIpc) is 2.81. The molecule has 7 nitrogen and oxygen atoms in total. The molecule has 1 aromatic heterocycles. The van der Waals surface area contributed by atoms with Gasteiger partial charge in [-0.1, -0.05) is 12.1 Å². The Labute approximate surface area is 175 Å². The molecule has 1 amide bonds. The number of carbonyl (C=O) groups excluding carboxylic acids is 1. The number of hydrogen-bond donors (Lipinski definition) is 1. The van der Waals surface area contributed by atoms with E-state index >= 15 is 0 Å². The molecule has 4 rings (SSSR count). The average molecular weight is 404 g/mol. The van der Waals surface area contributed by atoms with E-state index in [1.165, 1.54) is 0 Å². The van der Waals surface area contributed by atoms with Crippen LogP contribution in [0.2, 0.25) is 0 Å². The SMILES string of the molecule is CCOc1ccc(NC(=O)c2cccc(-c3ccc(N4CCOCC4)nn3)c2)cc1. The summed E-state index contributed by atoms with van der Waals surface area (Å²) in [7, 11) is 0. The molecule has 154 valence electrons. The summed E-state index contributed by atoms with van der Waals surface area (Å²) in [6.45, 7) is 5.58. The van der Waals surface area contributed by atoms with Gasteiger partial charge in [-0.05, 0) is 55.5 Å². The molecule has 1 saturated heterocycles. The molecule has 2 heterocycles. The second-order valence-electron chi connectivity index (χ2n) is 6.87. The molecule has 3 aromatic rings. The van der Waals surface area contributed by atoms with E-state index in [0.29, 0.717) is 31.1 Å². The minimum Gasteiger partial charge on any atom is -0.494 e. The van der Waals surface area contributed by atoms with Crippen LogP contribution in [0.1, 0.15) is 17.3 Å². The number of benzene rings is 2. The lowest BCUT2D eigenvalue weighted by Gasteiger charge is -2.27. The topological polar surface area (TPSA) is 76.6 Å². The Kier molecular flexibility index (Phi) is 6.20. The minimum absolute atomic E-state index is 0.182. The van der Waals surface area contributed by atoms with Crippen LogP contribution < -0.4 is 15.0 Å². The van der Waals surface area contributed by atoms with Crippen LogP contribution in [0, 0.1) is 0 Å². The fourth-order valence-corrected chi connectivity index (χ4v) is 3.26. The molecule has 0 radical (unpaired) electrons. The van der Waals surface area contributed by atoms with Crippen molar-refractivity contribution in [1.82, 2.24) is 10.2 Å². The highest BCUT2D eigenvalue weighted by atomic mass is 16.5. The van der Waals surface area contributed by atoms with Crippen molar-refractivity contribution < 1.29 is 14.3 Å². The van der Waals surface area contributed by atoms with Crippen LogP contribution in [0.15, 0.2) is 60.7 Å². The fraction of sp³-hybridized carbons (Fsp3) is 0.261. The highest BCUT2D eigenvalue weighted by Gasteiger charge is 2.14. The number of anilines is 2. The maximum Gasteiger partial charge on any atom is 0.255 e. The lowest BCUT2D eigenvalue weighted by molar-refractivity contribution is 0.102. The number of amides is 1. The summed E-state index contributed by atoms with van der Waals surface area (Å²) >= 11 is 0. The van der Waals surface area contributed by atoms with Crippen molar-refractivity contribution in [3.8, 4) is 17.0 Å². The molecule has 1 N–H and O–H groups in total. The Hall–Kier alpha value is -3.45. The first-order chi connectivity index (χ1) is 14.7. The number of aromatic nitrogens is 2. The molecular formula is C23H24N4O3. The van der Waals surface area contributed by atoms with E-state index < -0.39 is 0 Å². The van der Waals surface area contributed by atoms with Gasteiger partial charge in [0.15, 0.2) is 5.82 Å². The van der Waals surface area contributed by atoms with Crippen molar-refractivity contribution in [3.05, 3.63) is 66.2 Å². The van der Waals surface area contributed by atoms with Crippen LogP contribution in [0.25, 0.3) is 11.3 Å². The number of ether oxygens (including phenoxy) is 2. The third-order valence-corrected chi connectivity index (χ3v) is 4.83. The molecule has 0 spiro atoms. The van der Waals surface area contributed by atoms with Gasteiger partial charge >= 0.3 is 0 Å². The summed E-state index contributed by atoms with van der Waals surface area (Å²) in [5, 5.41) is 11.6. The van der Waals surface area contributed by atoms with Crippen LogP contribution in [0.4, 0.5) is 11.5 Å². The first kappa shape index (κ1) is 19.8. The number of nitrogens with one attached hydrogen (secondary N) is 1. The Balaban J connectivity index is 1.45. The monoisotopic (exact) mass is 404 g/mol. The van der Waals surface area contributed by atoms with Crippen LogP contribution in [-0.2, 0) is 4.74 Å². The predicted octanol–water partition coefficient (Wildman–Crippen LogP) is 3.63. The van der Waals surface area contributed by atoms with E-state index in [-0.39, 0.29) is 5.91 Å². The summed E-state index contributed by atoms with van der Waals surface area (Å²) < 4.78 is 10.8. The quantitative estimate of drug-likeness (QED) is 0.676. The first-order valence-electron chi connectivity index (χ1n) is 10.0. The Bertz CT molecular complexity index is 984. The van der Waals surface area contributed by atoms with Gasteiger partial charge in [-0.3, -0.25) is 4.79 Å². The lowest BCUT2D eigenvalue weighted by Crippen LogP contribution is -2.36. The smallest absolute Gasteiger partial charge is 0.255 e. The number of rotatable bonds is 6. The third kappa shape index (κ3) is 4.75. The molecule has 1 aliphatic rings. The number of carbonyl (C=O) groups is 1. The van der Waals surface area contributed by atoms with Gasteiger partial charge in [-0.15, -0.1) is 10.2 Å². The maximum absolute atomic E-state index is 12.7. The molecule has 1 aliphatic heterocycles. The molecule has 0 unspecified atom stereocenters. The van der Waals surface area contributed by atoms with Crippen LogP contribution >= 0.6 is 0 Å². The van der Waals surface area contributed by atoms with Crippen molar-refractivity contribution in [2.45, 2.75) is 6.92 Å². The summed E-state index contributed by atoms with van der Waals surface area (Å²) in [4.78, 5) is 14.8. The molecule has 30 heavy (non-hydrogen) atoms. The van der Waals surface area contributed by atoms with Gasteiger partial charge in [-0.25, -0.2) is 0 Å². The molecule has 2 aromatic carbocycles. The van der Waals surface area contributed by atoms with Crippen molar-refractivity contribution >= 4 is 17.4 Å². The second-order valence-corrected chi connectivity index (χ2v) is 6.87. The zero-order valence-corrected chi connectivity index (χ0v) is 16.9. The third-order valence-electron chi connectivity index (χ3n) is 4.83. The maximum atomic E-state index is 12.7. The van der Waals surface area contributed by atoms with Crippen LogP contribution in [0.3, 0.4) is 0 Å². The minimum atomic E-state index is -0.182. The molecule has 0 atom stereocenters. The lowest BCUT2D eigenvalue weighted by atomic mass is 10.1. The van der Waals surface area contributed by atoms with E-state index in [4.69, 9.17) is 9.47 Å². The number of hydrogen-bond acceptors (Lipinski definition) is 6. The number of nitrogens with zero attached hydrogens (tertiary/aromatic N) is 3. The second kappa shape index (κ2) is 9.37. The van der Waals surface area contributed by atoms with Crippen LogP contribution in [0.5, 0.6) is 5.75 Å². The molecule has 1 fully saturated rings. The van der Waals surface area contributed by atoms with E-state index in [2.05, 4.69) is 20.4 Å². The van der Waals surface area contributed by atoms with Gasteiger partial charge in [0.25, 0.3) is 5.91 Å². The van der Waals surface area contributed by atoms with Gasteiger partial charge in [-0.2, -0.15) is 0 Å². The largest absolute Gasteiger partial charge is 0.494 e. The predicted molar refractivity (Wildman–Crippen MR) is 116 cm³/mol. The summed E-state index contributed by atoms with van der Waals surface area (Å²) in [6, 6.07) is 18.6. The van der Waals surface area contributed by atoms with Crippen molar-refractivity contribution in [1.29, 1.82) is 0 Å². The van der Waals surface area contributed by atoms with Gasteiger partial charge in [0.2, 0.25) is 0 Å². The Morgan fingerprint density at radius 2 is 1.87 bits per heavy atom. The van der Waals surface area contributed by atoms with Gasteiger partial charge in [0.1, 0.15) is 5.75 Å². The van der Waals surface area contributed by atoms with E-state index in [0.717, 1.165) is 35.9 Å². The highest BCUT2D eigenvalue weighted by molar-refractivity contribution is 6.04. The summed E-state index contributed by atoms with van der Waals surface area (Å²) in [5.74, 6) is 1.43. The highest BCUT2D eigenvalue weighted by Crippen LogP contribution is 2.21. The molecule has 0 saturated carbocycles. The zero-order valence-electron chi connectivity index (χ0n) is 16.9. The normalized spacial score (nSPS) is 13.7. The van der Waals surface area contributed by atoms with Crippen molar-refractivity contribution in [3.63, 3.8) is 0 Å². The zero-order chi connectivity index (χ0) is 20.8. The molecular weight excluding hydrogens is 380 g/mol. The van der Waals surface area contributed by atoms with Gasteiger partial charge in [0.05, 0.1) is 25.5 Å². The molecule has 7 heteroatoms. The molecule has 0 aliphatic carbocycles. The Morgan fingerprint density at radius 3 is 2.57 bits per heavy atom. The van der Waals surface area contributed by atoms with Crippen molar-refractivity contribution in [2.24, 2.45) is 0 Å². The standard InChI is InChI=1S/C23H24N4O3/c1-2-30-20-8-6-19(7-9-20)24-23(28)18-5-3-4-17(16-18)21-10-11-22(26-25-21)27-12-14-29-15-13-27/h3-11,16H,2,12-15H2,1H3,(H,24,28). The van der Waals surface area contributed by atoms with Gasteiger partial charge < -0.3 is 19.7 Å². The van der Waals surface area contributed by atoms with E-state index in [1.54, 1.807) is 6.07 Å². The van der Waals surface area contributed by atoms with Crippen molar-refractivity contribution in [2.75, 3.05) is 43.1 Å². The fourth-order valence-electron chi connectivity index (χ4n) is 3.26. The molecule has 0 bridgehead atoms. The first-order valence-corrected chi connectivity index (χ1v) is 10.0. The van der Waals surface area contributed by atoms with E-state index in [9.17, 15) is 4.79 Å². The summed E-state index contributed by atoms with van der Waals surface area (Å²) in [6.07, 6.45) is 0. The van der Waals surface area contributed by atoms with E-state index in [1.807, 2.05) is 61.5 Å². The van der Waals surface area contributed by atoms with Crippen LogP contribution in [-0.4, -0.2) is 49.0 Å². The Morgan fingerprint density at radius 1 is 1.07 bits per heavy atom. The van der Waals surface area contributed by atoms with Gasteiger partial charge in [0, 0.05) is 29.9 Å².